The average Bonchev–Trinajstić information content (AvgIpc) is 3.26. The predicted molar refractivity (Wildman–Crippen MR) is 100 cm³/mol. The van der Waals surface area contributed by atoms with Crippen molar-refractivity contribution in [3.8, 4) is 0 Å². The van der Waals surface area contributed by atoms with Crippen molar-refractivity contribution in [3.05, 3.63) is 42.0 Å². The SMILES string of the molecule is C=C(C=NC(CC)=NC)C(=O)Nc1ccc([C@H]2O[C@@H]3CN[C@H]2C3)cc1. The van der Waals surface area contributed by atoms with Crippen molar-refractivity contribution in [3.63, 3.8) is 0 Å². The van der Waals surface area contributed by atoms with Crippen LogP contribution in [0.15, 0.2) is 46.4 Å². The Balaban J connectivity index is 1.58. The number of anilines is 1. The summed E-state index contributed by atoms with van der Waals surface area (Å²) >= 11 is 0. The van der Waals surface area contributed by atoms with E-state index in [0.29, 0.717) is 30.0 Å². The van der Waals surface area contributed by atoms with Crippen LogP contribution in [0.5, 0.6) is 0 Å². The number of aliphatic imine (C=N–C) groups is 2. The highest BCUT2D eigenvalue weighted by Crippen LogP contribution is 2.37. The number of amides is 1. The van der Waals surface area contributed by atoms with Crippen LogP contribution in [0.4, 0.5) is 5.69 Å². The number of carbonyl (C=O) groups is 1. The Kier molecular flexibility index (Phi) is 5.40. The molecule has 0 aliphatic carbocycles. The molecule has 3 atom stereocenters. The lowest BCUT2D eigenvalue weighted by atomic mass is 10.0. The number of carbonyl (C=O) groups excluding carboxylic acids is 1. The van der Waals surface area contributed by atoms with Gasteiger partial charge in [0.05, 0.1) is 17.8 Å². The molecule has 25 heavy (non-hydrogen) atoms. The molecule has 1 aromatic rings. The molecule has 2 fully saturated rings. The second-order valence-corrected chi connectivity index (χ2v) is 6.28. The van der Waals surface area contributed by atoms with Crippen molar-refractivity contribution >= 4 is 23.6 Å². The largest absolute Gasteiger partial charge is 0.367 e. The maximum absolute atomic E-state index is 12.2. The molecule has 0 saturated carbocycles. The maximum Gasteiger partial charge on any atom is 0.256 e. The van der Waals surface area contributed by atoms with Crippen LogP contribution in [0.3, 0.4) is 0 Å². The van der Waals surface area contributed by atoms with Gasteiger partial charge in [0.25, 0.3) is 5.91 Å². The van der Waals surface area contributed by atoms with Gasteiger partial charge >= 0.3 is 0 Å². The number of ether oxygens (including phenoxy) is 1. The number of hydrogen-bond donors (Lipinski definition) is 2. The van der Waals surface area contributed by atoms with Gasteiger partial charge in [-0.1, -0.05) is 25.6 Å². The normalized spacial score (nSPS) is 25.5. The van der Waals surface area contributed by atoms with E-state index in [9.17, 15) is 4.79 Å². The Labute approximate surface area is 148 Å². The molecule has 1 aromatic carbocycles. The van der Waals surface area contributed by atoms with E-state index >= 15 is 0 Å². The number of rotatable bonds is 5. The molecule has 6 heteroatoms. The maximum atomic E-state index is 12.2. The fourth-order valence-corrected chi connectivity index (χ4v) is 3.17. The number of fused-ring (bicyclic) bond motifs is 2. The molecule has 2 saturated heterocycles. The van der Waals surface area contributed by atoms with Crippen LogP contribution >= 0.6 is 0 Å². The summed E-state index contributed by atoms with van der Waals surface area (Å²) in [6, 6.07) is 8.17. The van der Waals surface area contributed by atoms with Gasteiger partial charge in [0, 0.05) is 38.0 Å². The van der Waals surface area contributed by atoms with Crippen molar-refractivity contribution in [2.24, 2.45) is 9.98 Å². The van der Waals surface area contributed by atoms with E-state index in [-0.39, 0.29) is 12.0 Å². The van der Waals surface area contributed by atoms with Gasteiger partial charge in [0.1, 0.15) is 5.84 Å². The van der Waals surface area contributed by atoms with Gasteiger partial charge in [-0.2, -0.15) is 0 Å². The third-order valence-corrected chi connectivity index (χ3v) is 4.56. The number of nitrogens with one attached hydrogen (secondary N) is 2. The van der Waals surface area contributed by atoms with Gasteiger partial charge in [-0.25, -0.2) is 4.99 Å². The standard InChI is InChI=1S/C19H24N4O2/c1-4-17(20-3)22-10-12(2)19(24)23-14-7-5-13(6-8-14)18-16-9-15(25-18)11-21-16/h5-8,10,15-16,18,21H,2,4,9,11H2,1,3H3,(H,23,24)/t15-,16-,18+/m0/s1. The van der Waals surface area contributed by atoms with Crippen LogP contribution in [0.1, 0.15) is 31.4 Å². The minimum absolute atomic E-state index is 0.103. The van der Waals surface area contributed by atoms with Crippen LogP contribution < -0.4 is 10.6 Å². The highest BCUT2D eigenvalue weighted by Gasteiger charge is 2.41. The summed E-state index contributed by atoms with van der Waals surface area (Å²) in [6.07, 6.45) is 3.67. The zero-order chi connectivity index (χ0) is 17.8. The third-order valence-electron chi connectivity index (χ3n) is 4.56. The number of amidine groups is 1. The molecular weight excluding hydrogens is 316 g/mol. The molecule has 2 aliphatic heterocycles. The van der Waals surface area contributed by atoms with Gasteiger partial charge < -0.3 is 15.4 Å². The Bertz CT molecular complexity index is 709. The van der Waals surface area contributed by atoms with Crippen molar-refractivity contribution in [2.45, 2.75) is 38.0 Å². The lowest BCUT2D eigenvalue weighted by Crippen LogP contribution is -2.33. The highest BCUT2D eigenvalue weighted by atomic mass is 16.5. The molecule has 1 amide bonds. The van der Waals surface area contributed by atoms with Crippen molar-refractivity contribution in [2.75, 3.05) is 18.9 Å². The molecule has 2 bridgehead atoms. The van der Waals surface area contributed by atoms with Crippen molar-refractivity contribution in [1.82, 2.24) is 5.32 Å². The van der Waals surface area contributed by atoms with E-state index in [1.165, 1.54) is 6.21 Å². The van der Waals surface area contributed by atoms with Gasteiger partial charge in [-0.05, 0) is 24.1 Å². The summed E-state index contributed by atoms with van der Waals surface area (Å²) in [4.78, 5) is 20.3. The molecule has 6 nitrogen and oxygen atoms in total. The van der Waals surface area contributed by atoms with E-state index in [1.807, 2.05) is 31.2 Å². The van der Waals surface area contributed by atoms with Gasteiger partial charge in [0.2, 0.25) is 0 Å². The fraction of sp³-hybridized carbons (Fsp3) is 0.421. The molecule has 0 radical (unpaired) electrons. The molecule has 3 rings (SSSR count). The second kappa shape index (κ2) is 7.72. The molecular formula is C19H24N4O2. The van der Waals surface area contributed by atoms with Crippen LogP contribution in [-0.2, 0) is 9.53 Å². The van der Waals surface area contributed by atoms with Gasteiger partial charge in [-0.15, -0.1) is 0 Å². The molecule has 132 valence electrons. The summed E-state index contributed by atoms with van der Waals surface area (Å²) in [5, 5.41) is 6.30. The minimum atomic E-state index is -0.277. The Morgan fingerprint density at radius 1 is 1.44 bits per heavy atom. The third kappa shape index (κ3) is 4.03. The smallest absolute Gasteiger partial charge is 0.256 e. The number of hydrogen-bond acceptors (Lipinski definition) is 4. The molecule has 2 N–H and O–H groups in total. The molecule has 0 aromatic heterocycles. The Morgan fingerprint density at radius 2 is 2.20 bits per heavy atom. The van der Waals surface area contributed by atoms with Crippen LogP contribution in [-0.4, -0.2) is 43.7 Å². The summed E-state index contributed by atoms with van der Waals surface area (Å²) in [6.45, 7) is 6.66. The Hall–Kier alpha value is -2.31. The topological polar surface area (TPSA) is 75.1 Å². The summed E-state index contributed by atoms with van der Waals surface area (Å²) in [5.74, 6) is 0.402. The van der Waals surface area contributed by atoms with E-state index in [0.717, 1.165) is 24.2 Å². The van der Waals surface area contributed by atoms with E-state index < -0.39 is 0 Å². The summed E-state index contributed by atoms with van der Waals surface area (Å²) in [5.41, 5.74) is 2.14. The zero-order valence-electron chi connectivity index (χ0n) is 14.7. The minimum Gasteiger partial charge on any atom is -0.367 e. The first-order valence-corrected chi connectivity index (χ1v) is 8.59. The molecule has 2 heterocycles. The summed E-state index contributed by atoms with van der Waals surface area (Å²) < 4.78 is 5.99. The first-order valence-electron chi connectivity index (χ1n) is 8.59. The average molecular weight is 340 g/mol. The highest BCUT2D eigenvalue weighted by molar-refractivity contribution is 6.18. The summed E-state index contributed by atoms with van der Waals surface area (Å²) in [7, 11) is 1.68. The van der Waals surface area contributed by atoms with Gasteiger partial charge in [0.15, 0.2) is 0 Å². The van der Waals surface area contributed by atoms with Gasteiger partial charge in [-0.3, -0.25) is 9.79 Å². The predicted octanol–water partition coefficient (Wildman–Crippen LogP) is 2.49. The van der Waals surface area contributed by atoms with E-state index in [1.54, 1.807) is 7.05 Å². The van der Waals surface area contributed by atoms with Crippen LogP contribution in [0.25, 0.3) is 0 Å². The molecule has 0 spiro atoms. The Morgan fingerprint density at radius 3 is 2.76 bits per heavy atom. The lowest BCUT2D eigenvalue weighted by molar-refractivity contribution is -0.112. The van der Waals surface area contributed by atoms with E-state index in [4.69, 9.17) is 4.74 Å². The zero-order valence-corrected chi connectivity index (χ0v) is 14.7. The number of nitrogens with zero attached hydrogens (tertiary/aromatic N) is 2. The van der Waals surface area contributed by atoms with E-state index in [2.05, 4.69) is 27.2 Å². The fourth-order valence-electron chi connectivity index (χ4n) is 3.17. The lowest BCUT2D eigenvalue weighted by Gasteiger charge is -2.23. The van der Waals surface area contributed by atoms with Crippen LogP contribution in [0, 0.1) is 0 Å². The first-order chi connectivity index (χ1) is 12.1. The second-order valence-electron chi connectivity index (χ2n) is 6.28. The number of benzene rings is 1. The van der Waals surface area contributed by atoms with Crippen molar-refractivity contribution < 1.29 is 9.53 Å². The monoisotopic (exact) mass is 340 g/mol. The first kappa shape index (κ1) is 17.5. The quantitative estimate of drug-likeness (QED) is 0.491. The molecule has 2 aliphatic rings. The number of morpholine rings is 1. The molecule has 0 unspecified atom stereocenters. The van der Waals surface area contributed by atoms with Crippen molar-refractivity contribution in [1.29, 1.82) is 0 Å². The van der Waals surface area contributed by atoms with Crippen LogP contribution in [0.2, 0.25) is 0 Å².